The van der Waals surface area contributed by atoms with Gasteiger partial charge < -0.3 is 9.47 Å². The second kappa shape index (κ2) is 9.74. The molecule has 0 radical (unpaired) electrons. The van der Waals surface area contributed by atoms with E-state index in [0.29, 0.717) is 11.7 Å². The number of ether oxygens (including phenoxy) is 2. The fraction of sp³-hybridized carbons (Fsp3) is 0. The van der Waals surface area contributed by atoms with E-state index in [1.54, 1.807) is 0 Å². The Bertz CT molecular complexity index is 3060. The van der Waals surface area contributed by atoms with Gasteiger partial charge in [-0.2, -0.15) is 4.98 Å². The van der Waals surface area contributed by atoms with Crippen LogP contribution in [-0.2, 0) is 0 Å². The average Bonchev–Trinajstić information content (AvgIpc) is 3.70. The van der Waals surface area contributed by atoms with Crippen LogP contribution < -0.4 is 14.4 Å². The fourth-order valence-electron chi connectivity index (χ4n) is 8.18. The van der Waals surface area contributed by atoms with E-state index in [4.69, 9.17) is 19.4 Å². The summed E-state index contributed by atoms with van der Waals surface area (Å²) < 4.78 is 18.0. The first-order chi connectivity index (χ1) is 25.3. The van der Waals surface area contributed by atoms with Crippen LogP contribution in [0.1, 0.15) is 0 Å². The Kier molecular flexibility index (Phi) is 5.12. The third kappa shape index (κ3) is 3.51. The largest absolute Gasteiger partial charge is 0.453 e. The van der Waals surface area contributed by atoms with Gasteiger partial charge >= 0.3 is 0 Å². The minimum absolute atomic E-state index is 0.555. The standard InChI is InChI=1S/C44H25N5O2/c1-5-17-31-29(16-1)43(48-32-18-6-2-13-26(32)27-14-3-7-19-33(27)48)46-44(45-31)49-34-20-8-4-15-28(34)30-25-39-41-42(40(30)49)51-38-24-12-10-22-36(38)47(41)35-21-9-11-23-37(35)50-39/h1-25H. The molecule has 51 heavy (non-hydrogen) atoms. The van der Waals surface area contributed by atoms with Gasteiger partial charge in [0.2, 0.25) is 5.95 Å². The third-order valence-electron chi connectivity index (χ3n) is 10.3. The molecule has 0 unspecified atom stereocenters. The number of para-hydroxylation sites is 8. The molecule has 0 aliphatic carbocycles. The quantitative estimate of drug-likeness (QED) is 0.185. The van der Waals surface area contributed by atoms with Crippen LogP contribution in [0.2, 0.25) is 0 Å². The molecule has 5 heterocycles. The lowest BCUT2D eigenvalue weighted by molar-refractivity contribution is 0.449. The summed E-state index contributed by atoms with van der Waals surface area (Å²) in [4.78, 5) is 13.1. The maximum atomic E-state index is 6.95. The van der Waals surface area contributed by atoms with Crippen molar-refractivity contribution in [2.75, 3.05) is 4.90 Å². The summed E-state index contributed by atoms with van der Waals surface area (Å²) in [7, 11) is 0. The van der Waals surface area contributed by atoms with Gasteiger partial charge in [0.05, 0.1) is 33.4 Å². The molecular weight excluding hydrogens is 631 g/mol. The van der Waals surface area contributed by atoms with Crippen LogP contribution in [0.15, 0.2) is 152 Å². The highest BCUT2D eigenvalue weighted by atomic mass is 16.5. The van der Waals surface area contributed by atoms with Crippen molar-refractivity contribution in [1.82, 2.24) is 19.1 Å². The smallest absolute Gasteiger partial charge is 0.237 e. The van der Waals surface area contributed by atoms with Crippen LogP contribution in [-0.4, -0.2) is 19.1 Å². The lowest BCUT2D eigenvalue weighted by Crippen LogP contribution is -2.20. The molecule has 12 rings (SSSR count). The number of rotatable bonds is 2. The van der Waals surface area contributed by atoms with Crippen LogP contribution >= 0.6 is 0 Å². The van der Waals surface area contributed by atoms with Gasteiger partial charge in [0, 0.05) is 26.9 Å². The van der Waals surface area contributed by atoms with Gasteiger partial charge in [-0.3, -0.25) is 14.0 Å². The Morgan fingerprint density at radius 2 is 0.961 bits per heavy atom. The van der Waals surface area contributed by atoms with E-state index in [-0.39, 0.29) is 0 Å². The van der Waals surface area contributed by atoms with Gasteiger partial charge in [-0.25, -0.2) is 4.98 Å². The number of aromatic nitrogens is 4. The summed E-state index contributed by atoms with van der Waals surface area (Å²) in [5.74, 6) is 4.36. The predicted molar refractivity (Wildman–Crippen MR) is 203 cm³/mol. The first-order valence-corrected chi connectivity index (χ1v) is 17.0. The molecule has 10 aromatic rings. The maximum absolute atomic E-state index is 6.95. The molecular formula is C44H25N5O2. The molecule has 7 nitrogen and oxygen atoms in total. The molecule has 0 saturated heterocycles. The zero-order valence-corrected chi connectivity index (χ0v) is 27.0. The third-order valence-corrected chi connectivity index (χ3v) is 10.3. The van der Waals surface area contributed by atoms with Crippen molar-refractivity contribution in [3.05, 3.63) is 152 Å². The molecule has 2 aliphatic rings. The average molecular weight is 656 g/mol. The molecule has 7 heteroatoms. The minimum atomic E-state index is 0.555. The molecule has 0 N–H and O–H groups in total. The van der Waals surface area contributed by atoms with Crippen molar-refractivity contribution in [3.8, 4) is 34.8 Å². The number of fused-ring (bicyclic) bond motifs is 12. The highest BCUT2D eigenvalue weighted by Crippen LogP contribution is 2.62. The van der Waals surface area contributed by atoms with Crippen molar-refractivity contribution < 1.29 is 9.47 Å². The highest BCUT2D eigenvalue weighted by molar-refractivity contribution is 6.16. The van der Waals surface area contributed by atoms with Crippen LogP contribution in [0.5, 0.6) is 23.0 Å². The van der Waals surface area contributed by atoms with E-state index in [2.05, 4.69) is 123 Å². The van der Waals surface area contributed by atoms with Gasteiger partial charge in [0.15, 0.2) is 28.8 Å². The van der Waals surface area contributed by atoms with Crippen molar-refractivity contribution >= 4 is 71.6 Å². The second-order valence-corrected chi connectivity index (χ2v) is 13.0. The normalized spacial score (nSPS) is 13.0. The molecule has 3 aromatic heterocycles. The second-order valence-electron chi connectivity index (χ2n) is 13.0. The van der Waals surface area contributed by atoms with E-state index in [0.717, 1.165) is 83.9 Å². The molecule has 0 amide bonds. The van der Waals surface area contributed by atoms with Crippen LogP contribution in [0, 0.1) is 0 Å². The summed E-state index contributed by atoms with van der Waals surface area (Å²) in [5, 5.41) is 5.37. The molecule has 0 saturated carbocycles. The maximum Gasteiger partial charge on any atom is 0.237 e. The van der Waals surface area contributed by atoms with E-state index in [1.807, 2.05) is 42.5 Å². The Labute approximate surface area is 290 Å². The summed E-state index contributed by atoms with van der Waals surface area (Å²) >= 11 is 0. The lowest BCUT2D eigenvalue weighted by Gasteiger charge is -2.38. The van der Waals surface area contributed by atoms with Gasteiger partial charge in [0.25, 0.3) is 0 Å². The van der Waals surface area contributed by atoms with E-state index in [1.165, 1.54) is 10.8 Å². The predicted octanol–water partition coefficient (Wildman–Crippen LogP) is 11.5. The van der Waals surface area contributed by atoms with Crippen LogP contribution in [0.4, 0.5) is 17.1 Å². The van der Waals surface area contributed by atoms with Crippen molar-refractivity contribution in [1.29, 1.82) is 0 Å². The molecule has 2 aliphatic heterocycles. The number of nitrogens with zero attached hydrogens (tertiary/aromatic N) is 5. The minimum Gasteiger partial charge on any atom is -0.453 e. The van der Waals surface area contributed by atoms with Gasteiger partial charge in [-0.15, -0.1) is 0 Å². The Balaban J connectivity index is 1.22. The fourth-order valence-corrected chi connectivity index (χ4v) is 8.18. The van der Waals surface area contributed by atoms with Crippen molar-refractivity contribution in [2.45, 2.75) is 0 Å². The van der Waals surface area contributed by atoms with Crippen LogP contribution in [0.3, 0.4) is 0 Å². The molecule has 0 bridgehead atoms. The van der Waals surface area contributed by atoms with Crippen molar-refractivity contribution in [2.24, 2.45) is 0 Å². The Morgan fingerprint density at radius 3 is 1.65 bits per heavy atom. The number of hydrogen-bond donors (Lipinski definition) is 0. The summed E-state index contributed by atoms with van der Waals surface area (Å²) in [6.45, 7) is 0. The summed E-state index contributed by atoms with van der Waals surface area (Å²) in [5.41, 5.74) is 7.65. The first-order valence-electron chi connectivity index (χ1n) is 17.0. The van der Waals surface area contributed by atoms with Gasteiger partial charge in [0.1, 0.15) is 11.2 Å². The summed E-state index contributed by atoms with van der Waals surface area (Å²) in [6.07, 6.45) is 0. The van der Waals surface area contributed by atoms with E-state index >= 15 is 0 Å². The van der Waals surface area contributed by atoms with Crippen molar-refractivity contribution in [3.63, 3.8) is 0 Å². The SMILES string of the molecule is c1ccc2c(c1)Oc1cc3c4ccccc4n(-c4nc(-n5c6ccccc6c6ccccc65)c5ccccc5n4)c3c3c1N2c1ccccc1O3. The van der Waals surface area contributed by atoms with Crippen LogP contribution in [0.25, 0.3) is 66.3 Å². The highest BCUT2D eigenvalue weighted by Gasteiger charge is 2.37. The summed E-state index contributed by atoms with van der Waals surface area (Å²) in [6, 6.07) is 52.2. The number of benzene rings is 7. The zero-order chi connectivity index (χ0) is 33.2. The molecule has 0 atom stereocenters. The van der Waals surface area contributed by atoms with E-state index < -0.39 is 0 Å². The van der Waals surface area contributed by atoms with E-state index in [9.17, 15) is 0 Å². The molecule has 0 fully saturated rings. The molecule has 238 valence electrons. The van der Waals surface area contributed by atoms with Gasteiger partial charge in [-0.1, -0.05) is 91.0 Å². The zero-order valence-electron chi connectivity index (χ0n) is 27.0. The molecule has 0 spiro atoms. The topological polar surface area (TPSA) is 57.3 Å². The van der Waals surface area contributed by atoms with Gasteiger partial charge in [-0.05, 0) is 60.7 Å². The first kappa shape index (κ1) is 26.8. The number of hydrogen-bond acceptors (Lipinski definition) is 5. The monoisotopic (exact) mass is 655 g/mol. The Hall–Kier alpha value is -7.12. The molecule has 7 aromatic carbocycles. The lowest BCUT2D eigenvalue weighted by atomic mass is 10.0. The Morgan fingerprint density at radius 1 is 0.431 bits per heavy atom. The number of anilines is 3.